The summed E-state index contributed by atoms with van der Waals surface area (Å²) >= 11 is 0. The van der Waals surface area contributed by atoms with Crippen LogP contribution in [0, 0.1) is 0 Å². The lowest BCUT2D eigenvalue weighted by molar-refractivity contribution is -0.138. The minimum Gasteiger partial charge on any atom is -0.494 e. The number of rotatable bonds is 9. The molecule has 1 atom stereocenters. The molecule has 0 amide bonds. The van der Waals surface area contributed by atoms with Gasteiger partial charge in [-0.1, -0.05) is 24.3 Å². The van der Waals surface area contributed by atoms with E-state index in [0.717, 1.165) is 24.2 Å². The van der Waals surface area contributed by atoms with Crippen LogP contribution in [0.1, 0.15) is 37.8 Å². The van der Waals surface area contributed by atoms with Crippen molar-refractivity contribution < 1.29 is 14.6 Å². The smallest absolute Gasteiger partial charge is 0.311 e. The fourth-order valence-corrected chi connectivity index (χ4v) is 3.00. The molecule has 1 N–H and O–H groups in total. The second kappa shape index (κ2) is 9.11. The van der Waals surface area contributed by atoms with Crippen LogP contribution in [0.4, 0.5) is 5.69 Å². The van der Waals surface area contributed by atoms with Gasteiger partial charge >= 0.3 is 5.97 Å². The zero-order valence-corrected chi connectivity index (χ0v) is 15.2. The second-order valence-corrected chi connectivity index (χ2v) is 5.94. The molecular weight excluding hydrogens is 314 g/mol. The Labute approximate surface area is 150 Å². The van der Waals surface area contributed by atoms with Crippen molar-refractivity contribution in [3.63, 3.8) is 0 Å². The largest absolute Gasteiger partial charge is 0.494 e. The minimum atomic E-state index is -0.818. The lowest BCUT2D eigenvalue weighted by atomic mass is 9.92. The van der Waals surface area contributed by atoms with Gasteiger partial charge in [0.05, 0.1) is 12.5 Å². The molecule has 25 heavy (non-hydrogen) atoms. The molecule has 4 nitrogen and oxygen atoms in total. The first kappa shape index (κ1) is 18.8. The molecule has 0 fully saturated rings. The van der Waals surface area contributed by atoms with E-state index in [9.17, 15) is 9.90 Å². The van der Waals surface area contributed by atoms with Crippen LogP contribution in [0.15, 0.2) is 48.5 Å². The Kier molecular flexibility index (Phi) is 6.87. The van der Waals surface area contributed by atoms with Gasteiger partial charge in [0.1, 0.15) is 5.75 Å². The number of benzene rings is 2. The maximum absolute atomic E-state index is 11.8. The Balaban J connectivity index is 2.19. The van der Waals surface area contributed by atoms with Gasteiger partial charge in [-0.15, -0.1) is 0 Å². The predicted octanol–water partition coefficient (Wildman–Crippen LogP) is 4.34. The van der Waals surface area contributed by atoms with E-state index < -0.39 is 11.9 Å². The molecule has 4 heteroatoms. The van der Waals surface area contributed by atoms with Gasteiger partial charge in [-0.05, 0) is 62.6 Å². The van der Waals surface area contributed by atoms with Gasteiger partial charge in [0.2, 0.25) is 0 Å². The van der Waals surface area contributed by atoms with Gasteiger partial charge in [-0.3, -0.25) is 4.79 Å². The van der Waals surface area contributed by atoms with Crippen molar-refractivity contribution in [2.75, 3.05) is 24.6 Å². The average molecular weight is 341 g/mol. The van der Waals surface area contributed by atoms with Gasteiger partial charge in [-0.25, -0.2) is 0 Å². The van der Waals surface area contributed by atoms with Crippen LogP contribution in [0.25, 0.3) is 0 Å². The quantitative estimate of drug-likeness (QED) is 0.737. The van der Waals surface area contributed by atoms with Crippen LogP contribution in [0.5, 0.6) is 5.75 Å². The fourth-order valence-electron chi connectivity index (χ4n) is 3.00. The normalized spacial score (nSPS) is 11.8. The third-order valence-corrected chi connectivity index (χ3v) is 4.37. The first-order chi connectivity index (χ1) is 12.1. The first-order valence-corrected chi connectivity index (χ1v) is 8.88. The van der Waals surface area contributed by atoms with Gasteiger partial charge in [0, 0.05) is 18.8 Å². The third-order valence-electron chi connectivity index (χ3n) is 4.37. The highest BCUT2D eigenvalue weighted by molar-refractivity contribution is 5.76. The van der Waals surface area contributed by atoms with Crippen LogP contribution in [-0.2, 0) is 11.2 Å². The number of nitrogens with zero attached hydrogens (tertiary/aromatic N) is 1. The van der Waals surface area contributed by atoms with Crippen molar-refractivity contribution >= 4 is 11.7 Å². The summed E-state index contributed by atoms with van der Waals surface area (Å²) in [6.07, 6.45) is 0.462. The summed E-state index contributed by atoms with van der Waals surface area (Å²) in [5.41, 5.74) is 2.95. The molecule has 0 aliphatic rings. The number of carboxylic acid groups (broad SMARTS) is 1. The summed E-state index contributed by atoms with van der Waals surface area (Å²) < 4.78 is 5.49. The van der Waals surface area contributed by atoms with E-state index in [1.54, 1.807) is 0 Å². The van der Waals surface area contributed by atoms with E-state index >= 15 is 0 Å². The number of hydrogen-bond acceptors (Lipinski definition) is 3. The molecule has 2 rings (SSSR count). The standard InChI is InChI=1S/C21H27NO3/c1-4-22(5-2)18-12-10-16(11-13-18)14-20(21(23)24)17-8-7-9-19(15-17)25-6-3/h7-13,15,20H,4-6,14H2,1-3H3,(H,23,24). The van der Waals surface area contributed by atoms with E-state index in [1.165, 1.54) is 5.69 Å². The summed E-state index contributed by atoms with van der Waals surface area (Å²) in [6.45, 7) is 8.65. The Bertz CT molecular complexity index is 678. The number of carboxylic acids is 1. The molecule has 0 heterocycles. The fraction of sp³-hybridized carbons (Fsp3) is 0.381. The molecule has 0 radical (unpaired) electrons. The second-order valence-electron chi connectivity index (χ2n) is 5.94. The highest BCUT2D eigenvalue weighted by Crippen LogP contribution is 2.26. The topological polar surface area (TPSA) is 49.8 Å². The Hall–Kier alpha value is -2.49. The van der Waals surface area contributed by atoms with Gasteiger partial charge in [0.15, 0.2) is 0 Å². The summed E-state index contributed by atoms with van der Waals surface area (Å²) in [6, 6.07) is 15.6. The van der Waals surface area contributed by atoms with E-state index in [4.69, 9.17) is 4.74 Å². The monoisotopic (exact) mass is 341 g/mol. The van der Waals surface area contributed by atoms with Crippen LogP contribution in [-0.4, -0.2) is 30.8 Å². The summed E-state index contributed by atoms with van der Waals surface area (Å²) in [4.78, 5) is 14.1. The van der Waals surface area contributed by atoms with Crippen molar-refractivity contribution in [2.45, 2.75) is 33.1 Å². The highest BCUT2D eigenvalue weighted by atomic mass is 16.5. The van der Waals surface area contributed by atoms with Crippen LogP contribution < -0.4 is 9.64 Å². The molecule has 0 aliphatic carbocycles. The maximum atomic E-state index is 11.8. The number of anilines is 1. The minimum absolute atomic E-state index is 0.462. The van der Waals surface area contributed by atoms with Crippen molar-refractivity contribution in [1.29, 1.82) is 0 Å². The van der Waals surface area contributed by atoms with Gasteiger partial charge in [-0.2, -0.15) is 0 Å². The molecule has 0 spiro atoms. The van der Waals surface area contributed by atoms with Crippen molar-refractivity contribution in [2.24, 2.45) is 0 Å². The van der Waals surface area contributed by atoms with Crippen LogP contribution in [0.2, 0.25) is 0 Å². The van der Waals surface area contributed by atoms with Crippen LogP contribution >= 0.6 is 0 Å². The number of aliphatic carboxylic acids is 1. The molecule has 2 aromatic rings. The summed E-state index contributed by atoms with van der Waals surface area (Å²) in [7, 11) is 0. The molecule has 134 valence electrons. The van der Waals surface area contributed by atoms with Crippen LogP contribution in [0.3, 0.4) is 0 Å². The Morgan fingerprint density at radius 3 is 2.32 bits per heavy atom. The van der Waals surface area contributed by atoms with E-state index in [1.807, 2.05) is 43.3 Å². The molecule has 0 saturated carbocycles. The van der Waals surface area contributed by atoms with Crippen molar-refractivity contribution in [3.05, 3.63) is 59.7 Å². The number of carbonyl (C=O) groups is 1. The first-order valence-electron chi connectivity index (χ1n) is 8.88. The highest BCUT2D eigenvalue weighted by Gasteiger charge is 2.21. The molecule has 0 bridgehead atoms. The van der Waals surface area contributed by atoms with Gasteiger partial charge < -0.3 is 14.7 Å². The molecular formula is C21H27NO3. The molecule has 0 saturated heterocycles. The Morgan fingerprint density at radius 1 is 1.08 bits per heavy atom. The third kappa shape index (κ3) is 4.99. The van der Waals surface area contributed by atoms with E-state index in [2.05, 4.69) is 30.9 Å². The van der Waals surface area contributed by atoms with Crippen molar-refractivity contribution in [1.82, 2.24) is 0 Å². The van der Waals surface area contributed by atoms with Gasteiger partial charge in [0.25, 0.3) is 0 Å². The average Bonchev–Trinajstić information content (AvgIpc) is 2.62. The Morgan fingerprint density at radius 2 is 1.76 bits per heavy atom. The lowest BCUT2D eigenvalue weighted by Crippen LogP contribution is -2.21. The lowest BCUT2D eigenvalue weighted by Gasteiger charge is -2.21. The molecule has 0 aromatic heterocycles. The zero-order valence-electron chi connectivity index (χ0n) is 15.2. The predicted molar refractivity (Wildman–Crippen MR) is 102 cm³/mol. The molecule has 1 unspecified atom stereocenters. The SMILES string of the molecule is CCOc1cccc(C(Cc2ccc(N(CC)CC)cc2)C(=O)O)c1. The molecule has 0 aliphatic heterocycles. The number of hydrogen-bond donors (Lipinski definition) is 1. The zero-order chi connectivity index (χ0) is 18.2. The maximum Gasteiger partial charge on any atom is 0.311 e. The van der Waals surface area contributed by atoms with E-state index in [0.29, 0.717) is 18.8 Å². The summed E-state index contributed by atoms with van der Waals surface area (Å²) in [5, 5.41) is 9.68. The van der Waals surface area contributed by atoms with Crippen molar-refractivity contribution in [3.8, 4) is 5.75 Å². The van der Waals surface area contributed by atoms with E-state index in [-0.39, 0.29) is 0 Å². The molecule has 2 aromatic carbocycles. The summed E-state index contributed by atoms with van der Waals surface area (Å²) in [5.74, 6) is -0.690. The number of ether oxygens (including phenoxy) is 1.